The lowest BCUT2D eigenvalue weighted by Crippen LogP contribution is -2.58. The second-order valence-electron chi connectivity index (χ2n) is 5.83. The normalized spacial score (nSPS) is 27.7. The average molecular weight is 288 g/mol. The van der Waals surface area contributed by atoms with Crippen molar-refractivity contribution in [2.45, 2.75) is 44.2 Å². The molecule has 2 heterocycles. The van der Waals surface area contributed by atoms with Gasteiger partial charge in [0.25, 0.3) is 0 Å². The zero-order chi connectivity index (χ0) is 15.0. The Morgan fingerprint density at radius 3 is 2.81 bits per heavy atom. The van der Waals surface area contributed by atoms with E-state index in [4.69, 9.17) is 0 Å². The number of benzene rings is 1. The van der Waals surface area contributed by atoms with Gasteiger partial charge in [0.05, 0.1) is 5.54 Å². The maximum atomic E-state index is 13.1. The SMILES string of the molecule is CCC1(C(=O)N2c3ccccc3C[C@H]2C(=O)O)CCCN1. The minimum absolute atomic E-state index is 0.0974. The molecule has 21 heavy (non-hydrogen) atoms. The van der Waals surface area contributed by atoms with Gasteiger partial charge < -0.3 is 10.4 Å². The molecule has 0 radical (unpaired) electrons. The summed E-state index contributed by atoms with van der Waals surface area (Å²) in [7, 11) is 0. The standard InChI is InChI=1S/C16H20N2O3/c1-2-16(8-5-9-17-16)15(21)18-12-7-4-3-6-11(12)10-13(18)14(19)20/h3-4,6-7,13,17H,2,5,8-10H2,1H3,(H,19,20)/t13-,16?/m0/s1. The smallest absolute Gasteiger partial charge is 0.327 e. The summed E-state index contributed by atoms with van der Waals surface area (Å²) >= 11 is 0. The number of para-hydroxylation sites is 1. The highest BCUT2D eigenvalue weighted by Gasteiger charge is 2.48. The lowest BCUT2D eigenvalue weighted by molar-refractivity contribution is -0.140. The van der Waals surface area contributed by atoms with E-state index < -0.39 is 17.6 Å². The van der Waals surface area contributed by atoms with Crippen molar-refractivity contribution in [1.29, 1.82) is 0 Å². The van der Waals surface area contributed by atoms with Gasteiger partial charge in [-0.3, -0.25) is 9.69 Å². The van der Waals surface area contributed by atoms with Crippen LogP contribution in [0.4, 0.5) is 5.69 Å². The second kappa shape index (κ2) is 5.15. The number of nitrogens with one attached hydrogen (secondary N) is 1. The molecule has 0 aromatic heterocycles. The summed E-state index contributed by atoms with van der Waals surface area (Å²) in [5.74, 6) is -1.04. The van der Waals surface area contributed by atoms with Crippen LogP contribution >= 0.6 is 0 Å². The van der Waals surface area contributed by atoms with Crippen molar-refractivity contribution in [1.82, 2.24) is 5.32 Å². The van der Waals surface area contributed by atoms with Crippen LogP contribution in [0.25, 0.3) is 0 Å². The van der Waals surface area contributed by atoms with Gasteiger partial charge in [-0.15, -0.1) is 0 Å². The van der Waals surface area contributed by atoms with E-state index in [-0.39, 0.29) is 5.91 Å². The number of carboxylic acid groups (broad SMARTS) is 1. The first-order valence-electron chi connectivity index (χ1n) is 7.48. The Morgan fingerprint density at radius 1 is 1.43 bits per heavy atom. The molecule has 2 aliphatic rings. The van der Waals surface area contributed by atoms with E-state index in [0.717, 1.165) is 30.6 Å². The molecular weight excluding hydrogens is 268 g/mol. The van der Waals surface area contributed by atoms with E-state index in [2.05, 4.69) is 5.32 Å². The molecule has 1 unspecified atom stereocenters. The fourth-order valence-corrected chi connectivity index (χ4v) is 3.51. The molecule has 1 aromatic carbocycles. The van der Waals surface area contributed by atoms with Gasteiger partial charge in [-0.05, 0) is 37.4 Å². The Hall–Kier alpha value is -1.88. The number of carbonyl (C=O) groups is 2. The van der Waals surface area contributed by atoms with Crippen LogP contribution in [0.1, 0.15) is 31.7 Å². The van der Waals surface area contributed by atoms with Gasteiger partial charge in [-0.1, -0.05) is 25.1 Å². The van der Waals surface area contributed by atoms with Crippen LogP contribution < -0.4 is 10.2 Å². The van der Waals surface area contributed by atoms with Gasteiger partial charge in [0, 0.05) is 12.1 Å². The van der Waals surface area contributed by atoms with Crippen molar-refractivity contribution < 1.29 is 14.7 Å². The summed E-state index contributed by atoms with van der Waals surface area (Å²) in [6, 6.07) is 6.69. The van der Waals surface area contributed by atoms with Gasteiger partial charge >= 0.3 is 5.97 Å². The monoisotopic (exact) mass is 288 g/mol. The van der Waals surface area contributed by atoms with Gasteiger partial charge in [0.2, 0.25) is 5.91 Å². The van der Waals surface area contributed by atoms with E-state index in [0.29, 0.717) is 12.8 Å². The molecule has 1 saturated heterocycles. The molecule has 0 spiro atoms. The van der Waals surface area contributed by atoms with Gasteiger partial charge in [0.1, 0.15) is 6.04 Å². The van der Waals surface area contributed by atoms with E-state index in [1.807, 2.05) is 31.2 Å². The Kier molecular flexibility index (Phi) is 3.45. The molecule has 2 aliphatic heterocycles. The zero-order valence-electron chi connectivity index (χ0n) is 12.1. The second-order valence-corrected chi connectivity index (χ2v) is 5.83. The molecule has 0 aliphatic carbocycles. The summed E-state index contributed by atoms with van der Waals surface area (Å²) in [6.07, 6.45) is 2.79. The first kappa shape index (κ1) is 14.1. The van der Waals surface area contributed by atoms with Crippen molar-refractivity contribution in [3.63, 3.8) is 0 Å². The molecule has 3 rings (SSSR count). The summed E-state index contributed by atoms with van der Waals surface area (Å²) in [5.41, 5.74) is 1.07. The largest absolute Gasteiger partial charge is 0.480 e. The van der Waals surface area contributed by atoms with E-state index >= 15 is 0 Å². The van der Waals surface area contributed by atoms with Crippen molar-refractivity contribution in [2.75, 3.05) is 11.4 Å². The van der Waals surface area contributed by atoms with Crippen molar-refractivity contribution in [3.05, 3.63) is 29.8 Å². The van der Waals surface area contributed by atoms with Crippen LogP contribution in [0.5, 0.6) is 0 Å². The summed E-state index contributed by atoms with van der Waals surface area (Å²) in [5, 5.41) is 12.8. The highest BCUT2D eigenvalue weighted by molar-refractivity contribution is 6.06. The average Bonchev–Trinajstić information content (AvgIpc) is 3.11. The number of carboxylic acids is 1. The number of anilines is 1. The fraction of sp³-hybridized carbons (Fsp3) is 0.500. The van der Waals surface area contributed by atoms with Crippen LogP contribution in [0, 0.1) is 0 Å². The fourth-order valence-electron chi connectivity index (χ4n) is 3.51. The van der Waals surface area contributed by atoms with Crippen LogP contribution in [0.3, 0.4) is 0 Å². The Balaban J connectivity index is 2.01. The number of amides is 1. The zero-order valence-corrected chi connectivity index (χ0v) is 12.1. The molecule has 1 amide bonds. The third kappa shape index (κ3) is 2.12. The molecule has 1 aromatic rings. The Labute approximate surface area is 123 Å². The van der Waals surface area contributed by atoms with E-state index in [1.54, 1.807) is 0 Å². The van der Waals surface area contributed by atoms with E-state index in [9.17, 15) is 14.7 Å². The number of hydrogen-bond acceptors (Lipinski definition) is 3. The van der Waals surface area contributed by atoms with Crippen LogP contribution in [0.15, 0.2) is 24.3 Å². The predicted octanol–water partition coefficient (Wildman–Crippen LogP) is 1.56. The van der Waals surface area contributed by atoms with Crippen LogP contribution in [0.2, 0.25) is 0 Å². The Morgan fingerprint density at radius 2 is 2.19 bits per heavy atom. The molecular formula is C16H20N2O3. The quantitative estimate of drug-likeness (QED) is 0.885. The highest BCUT2D eigenvalue weighted by Crippen LogP contribution is 2.36. The summed E-state index contributed by atoms with van der Waals surface area (Å²) in [4.78, 5) is 26.2. The third-order valence-electron chi connectivity index (χ3n) is 4.74. The molecule has 2 atom stereocenters. The molecule has 5 nitrogen and oxygen atoms in total. The van der Waals surface area contributed by atoms with Gasteiger partial charge in [0.15, 0.2) is 0 Å². The number of carbonyl (C=O) groups excluding carboxylic acids is 1. The van der Waals surface area contributed by atoms with Crippen LogP contribution in [-0.2, 0) is 16.0 Å². The maximum Gasteiger partial charge on any atom is 0.327 e. The molecule has 1 fully saturated rings. The number of hydrogen-bond donors (Lipinski definition) is 2. The molecule has 112 valence electrons. The highest BCUT2D eigenvalue weighted by atomic mass is 16.4. The summed E-state index contributed by atoms with van der Waals surface area (Å²) in [6.45, 7) is 2.79. The molecule has 0 bridgehead atoms. The lowest BCUT2D eigenvalue weighted by Gasteiger charge is -2.34. The van der Waals surface area contributed by atoms with Crippen molar-refractivity contribution >= 4 is 17.6 Å². The maximum absolute atomic E-state index is 13.1. The Bertz CT molecular complexity index is 579. The van der Waals surface area contributed by atoms with Crippen molar-refractivity contribution in [3.8, 4) is 0 Å². The third-order valence-corrected chi connectivity index (χ3v) is 4.74. The van der Waals surface area contributed by atoms with Gasteiger partial charge in [-0.2, -0.15) is 0 Å². The first-order chi connectivity index (χ1) is 10.1. The number of fused-ring (bicyclic) bond motifs is 1. The molecule has 0 saturated carbocycles. The minimum atomic E-state index is -0.941. The number of nitrogens with zero attached hydrogens (tertiary/aromatic N) is 1. The number of aliphatic carboxylic acids is 1. The van der Waals surface area contributed by atoms with Crippen molar-refractivity contribution in [2.24, 2.45) is 0 Å². The summed E-state index contributed by atoms with van der Waals surface area (Å²) < 4.78 is 0. The molecule has 2 N–H and O–H groups in total. The van der Waals surface area contributed by atoms with E-state index in [1.165, 1.54) is 4.90 Å². The molecule has 5 heteroatoms. The first-order valence-corrected chi connectivity index (χ1v) is 7.48. The minimum Gasteiger partial charge on any atom is -0.480 e. The topological polar surface area (TPSA) is 69.6 Å². The van der Waals surface area contributed by atoms with Gasteiger partial charge in [-0.25, -0.2) is 4.79 Å². The van der Waals surface area contributed by atoms with Crippen LogP contribution in [-0.4, -0.2) is 35.1 Å². The predicted molar refractivity (Wildman–Crippen MR) is 79.3 cm³/mol. The lowest BCUT2D eigenvalue weighted by atomic mass is 9.92. The number of rotatable bonds is 3.